The van der Waals surface area contributed by atoms with Gasteiger partial charge in [0.05, 0.1) is 7.11 Å². The second-order valence-corrected chi connectivity index (χ2v) is 5.35. The Hall–Kier alpha value is -2.16. The van der Waals surface area contributed by atoms with Crippen molar-refractivity contribution >= 4 is 0 Å². The molecule has 3 atom stereocenters. The first kappa shape index (κ1) is 11.6. The van der Waals surface area contributed by atoms with Crippen molar-refractivity contribution in [1.29, 1.82) is 0 Å². The molecule has 0 aliphatic carbocycles. The fourth-order valence-corrected chi connectivity index (χ4v) is 3.20. The normalized spacial score (nSPS) is 25.8. The molecule has 2 aliphatic rings. The monoisotopic (exact) mass is 268 g/mol. The van der Waals surface area contributed by atoms with Crippen LogP contribution in [-0.2, 0) is 0 Å². The van der Waals surface area contributed by atoms with Gasteiger partial charge in [0.2, 0.25) is 0 Å². The number of fused-ring (bicyclic) bond motifs is 6. The molecule has 2 aromatic carbocycles. The third-order valence-electron chi connectivity index (χ3n) is 4.22. The van der Waals surface area contributed by atoms with Crippen LogP contribution in [0.25, 0.3) is 0 Å². The molecule has 0 radical (unpaired) electrons. The highest BCUT2D eigenvalue weighted by molar-refractivity contribution is 5.52. The third-order valence-corrected chi connectivity index (χ3v) is 4.22. The predicted octanol–water partition coefficient (Wildman–Crippen LogP) is 3.90. The van der Waals surface area contributed by atoms with Crippen molar-refractivity contribution in [2.45, 2.75) is 19.1 Å². The fraction of sp³-hybridized carbons (Fsp3) is 0.294. The van der Waals surface area contributed by atoms with Crippen LogP contribution in [-0.4, -0.2) is 7.11 Å². The largest absolute Gasteiger partial charge is 0.493 e. The Kier molecular flexibility index (Phi) is 2.43. The summed E-state index contributed by atoms with van der Waals surface area (Å²) in [5.41, 5.74) is 2.19. The molecule has 2 heterocycles. The standard InChI is InChI=1S/C17H16O3/c1-10-15-11-6-3-4-8-13(11)19-16(10)12-7-5-9-14(18-2)17(12)20-15/h3-10,15-16H,1-2H3. The SMILES string of the molecule is COc1cccc2c1OC1c3ccccc3OC2C1C. The molecule has 20 heavy (non-hydrogen) atoms. The van der Waals surface area contributed by atoms with Crippen molar-refractivity contribution in [3.8, 4) is 17.2 Å². The van der Waals surface area contributed by atoms with E-state index in [2.05, 4.69) is 19.1 Å². The van der Waals surface area contributed by atoms with Crippen molar-refractivity contribution in [3.05, 3.63) is 53.6 Å². The Balaban J connectivity index is 1.89. The quantitative estimate of drug-likeness (QED) is 0.785. The van der Waals surface area contributed by atoms with E-state index in [4.69, 9.17) is 14.2 Å². The highest BCUT2D eigenvalue weighted by Crippen LogP contribution is 2.54. The van der Waals surface area contributed by atoms with E-state index in [1.165, 1.54) is 0 Å². The minimum Gasteiger partial charge on any atom is -0.493 e. The minimum absolute atomic E-state index is 0.0220. The number of para-hydroxylation sites is 2. The predicted molar refractivity (Wildman–Crippen MR) is 75.3 cm³/mol. The van der Waals surface area contributed by atoms with Crippen molar-refractivity contribution in [3.63, 3.8) is 0 Å². The molecule has 3 unspecified atom stereocenters. The molecule has 0 aromatic heterocycles. The van der Waals surface area contributed by atoms with Gasteiger partial charge in [-0.15, -0.1) is 0 Å². The first-order valence-electron chi connectivity index (χ1n) is 6.88. The van der Waals surface area contributed by atoms with Crippen LogP contribution in [0.5, 0.6) is 17.2 Å². The molecule has 3 heteroatoms. The maximum Gasteiger partial charge on any atom is 0.169 e. The Morgan fingerprint density at radius 3 is 2.50 bits per heavy atom. The van der Waals surface area contributed by atoms with E-state index in [1.807, 2.05) is 30.3 Å². The number of methoxy groups -OCH3 is 1. The van der Waals surface area contributed by atoms with Crippen molar-refractivity contribution in [2.24, 2.45) is 5.92 Å². The van der Waals surface area contributed by atoms with Crippen LogP contribution < -0.4 is 14.2 Å². The summed E-state index contributed by atoms with van der Waals surface area (Å²) in [6.07, 6.45) is 0.0440. The van der Waals surface area contributed by atoms with Crippen LogP contribution in [0.1, 0.15) is 30.3 Å². The third kappa shape index (κ3) is 1.46. The summed E-state index contributed by atoms with van der Waals surface area (Å²) < 4.78 is 17.9. The molecular weight excluding hydrogens is 252 g/mol. The summed E-state index contributed by atoms with van der Waals surface area (Å²) in [6.45, 7) is 2.17. The molecule has 0 spiro atoms. The molecule has 2 aliphatic heterocycles. The van der Waals surface area contributed by atoms with E-state index in [0.717, 1.165) is 28.4 Å². The lowest BCUT2D eigenvalue weighted by molar-refractivity contribution is -0.00450. The number of rotatable bonds is 1. The van der Waals surface area contributed by atoms with Gasteiger partial charge in [-0.3, -0.25) is 0 Å². The minimum atomic E-state index is 0.0220. The molecular formula is C17H16O3. The van der Waals surface area contributed by atoms with E-state index in [1.54, 1.807) is 7.11 Å². The van der Waals surface area contributed by atoms with E-state index in [9.17, 15) is 0 Å². The second-order valence-electron chi connectivity index (χ2n) is 5.35. The van der Waals surface area contributed by atoms with Gasteiger partial charge < -0.3 is 14.2 Å². The van der Waals surface area contributed by atoms with Gasteiger partial charge in [-0.25, -0.2) is 0 Å². The first-order chi connectivity index (χ1) is 9.79. The summed E-state index contributed by atoms with van der Waals surface area (Å²) in [7, 11) is 1.67. The van der Waals surface area contributed by atoms with Gasteiger partial charge in [-0.05, 0) is 12.1 Å². The number of ether oxygens (including phenoxy) is 3. The first-order valence-corrected chi connectivity index (χ1v) is 6.88. The van der Waals surface area contributed by atoms with Crippen LogP contribution in [0.15, 0.2) is 42.5 Å². The lowest BCUT2D eigenvalue weighted by Gasteiger charge is -2.43. The van der Waals surface area contributed by atoms with Gasteiger partial charge in [-0.2, -0.15) is 0 Å². The summed E-state index contributed by atoms with van der Waals surface area (Å²) in [6, 6.07) is 14.1. The zero-order valence-corrected chi connectivity index (χ0v) is 11.5. The van der Waals surface area contributed by atoms with Gasteiger partial charge in [0, 0.05) is 17.0 Å². The van der Waals surface area contributed by atoms with Crippen LogP contribution >= 0.6 is 0 Å². The Labute approximate surface area is 118 Å². The molecule has 4 rings (SSSR count). The van der Waals surface area contributed by atoms with Gasteiger partial charge in [0.15, 0.2) is 11.5 Å². The molecule has 0 fully saturated rings. The fourth-order valence-electron chi connectivity index (χ4n) is 3.20. The molecule has 2 bridgehead atoms. The van der Waals surface area contributed by atoms with E-state index < -0.39 is 0 Å². The molecule has 0 saturated heterocycles. The van der Waals surface area contributed by atoms with Crippen molar-refractivity contribution in [2.75, 3.05) is 7.11 Å². The van der Waals surface area contributed by atoms with Crippen LogP contribution in [0.4, 0.5) is 0 Å². The Morgan fingerprint density at radius 2 is 1.65 bits per heavy atom. The summed E-state index contributed by atoms with van der Waals surface area (Å²) >= 11 is 0. The van der Waals surface area contributed by atoms with E-state index in [0.29, 0.717) is 0 Å². The van der Waals surface area contributed by atoms with E-state index in [-0.39, 0.29) is 18.1 Å². The van der Waals surface area contributed by atoms with Crippen molar-refractivity contribution < 1.29 is 14.2 Å². The number of hydrogen-bond donors (Lipinski definition) is 0. The average molecular weight is 268 g/mol. The Morgan fingerprint density at radius 1 is 0.900 bits per heavy atom. The molecule has 2 aromatic rings. The molecule has 3 nitrogen and oxygen atoms in total. The summed E-state index contributed by atoms with van der Waals surface area (Å²) in [5, 5.41) is 0. The number of hydrogen-bond acceptors (Lipinski definition) is 3. The van der Waals surface area contributed by atoms with E-state index >= 15 is 0 Å². The highest BCUT2D eigenvalue weighted by Gasteiger charge is 2.43. The van der Waals surface area contributed by atoms with Crippen molar-refractivity contribution in [1.82, 2.24) is 0 Å². The lowest BCUT2D eigenvalue weighted by Crippen LogP contribution is -2.35. The van der Waals surface area contributed by atoms with Gasteiger partial charge in [0.25, 0.3) is 0 Å². The summed E-state index contributed by atoms with van der Waals surface area (Å²) in [5.74, 6) is 2.79. The molecule has 0 saturated carbocycles. The highest BCUT2D eigenvalue weighted by atomic mass is 16.5. The second kappa shape index (κ2) is 4.17. The zero-order valence-electron chi connectivity index (χ0n) is 11.5. The molecule has 0 amide bonds. The van der Waals surface area contributed by atoms with Crippen LogP contribution in [0.3, 0.4) is 0 Å². The smallest absolute Gasteiger partial charge is 0.169 e. The number of benzene rings is 2. The maximum atomic E-state index is 6.26. The maximum absolute atomic E-state index is 6.26. The topological polar surface area (TPSA) is 27.7 Å². The van der Waals surface area contributed by atoms with Crippen LogP contribution in [0, 0.1) is 5.92 Å². The van der Waals surface area contributed by atoms with Gasteiger partial charge in [0.1, 0.15) is 18.0 Å². The lowest BCUT2D eigenvalue weighted by atomic mass is 9.83. The summed E-state index contributed by atoms with van der Waals surface area (Å²) in [4.78, 5) is 0. The average Bonchev–Trinajstić information content (AvgIpc) is 2.48. The molecule has 102 valence electrons. The zero-order chi connectivity index (χ0) is 13.7. The van der Waals surface area contributed by atoms with Gasteiger partial charge in [-0.1, -0.05) is 37.3 Å². The Bertz CT molecular complexity index is 665. The molecule has 0 N–H and O–H groups in total. The van der Waals surface area contributed by atoms with Gasteiger partial charge >= 0.3 is 0 Å². The van der Waals surface area contributed by atoms with Crippen LogP contribution in [0.2, 0.25) is 0 Å².